The van der Waals surface area contributed by atoms with E-state index in [0.29, 0.717) is 11.6 Å². The van der Waals surface area contributed by atoms with E-state index in [4.69, 9.17) is 10.2 Å². The van der Waals surface area contributed by atoms with Gasteiger partial charge >= 0.3 is 12.0 Å². The average Bonchev–Trinajstić information content (AvgIpc) is 2.87. The zero-order valence-electron chi connectivity index (χ0n) is 11.4. The molecule has 0 spiro atoms. The van der Waals surface area contributed by atoms with Gasteiger partial charge in [0.15, 0.2) is 0 Å². The number of carbonyl (C=O) groups is 2. The average molecular weight is 290 g/mol. The number of rotatable bonds is 6. The number of aliphatic hydroxyl groups is 1. The van der Waals surface area contributed by atoms with Crippen molar-refractivity contribution in [1.82, 2.24) is 9.80 Å². The molecule has 1 aliphatic heterocycles. The van der Waals surface area contributed by atoms with E-state index in [9.17, 15) is 9.59 Å². The lowest BCUT2D eigenvalue weighted by molar-refractivity contribution is -0.141. The van der Waals surface area contributed by atoms with Crippen molar-refractivity contribution in [3.05, 3.63) is 0 Å². The van der Waals surface area contributed by atoms with Crippen molar-refractivity contribution in [3.63, 3.8) is 0 Å². The van der Waals surface area contributed by atoms with Gasteiger partial charge in [0.1, 0.15) is 6.04 Å². The van der Waals surface area contributed by atoms with Gasteiger partial charge in [-0.15, -0.1) is 11.8 Å². The van der Waals surface area contributed by atoms with Crippen LogP contribution in [0.15, 0.2) is 0 Å². The zero-order valence-corrected chi connectivity index (χ0v) is 12.2. The first-order valence-corrected chi connectivity index (χ1v) is 7.70. The molecule has 1 rings (SSSR count). The lowest BCUT2D eigenvalue weighted by Crippen LogP contribution is -2.52. The number of aliphatic carboxylic acids is 1. The lowest BCUT2D eigenvalue weighted by Gasteiger charge is -2.34. The maximum atomic E-state index is 12.5. The van der Waals surface area contributed by atoms with Gasteiger partial charge < -0.3 is 20.0 Å². The Kier molecular flexibility index (Phi) is 6.44. The number of hydrogen-bond donors (Lipinski definition) is 2. The minimum atomic E-state index is -0.966. The number of urea groups is 1. The Morgan fingerprint density at radius 1 is 1.42 bits per heavy atom. The maximum absolute atomic E-state index is 12.5. The van der Waals surface area contributed by atoms with E-state index in [2.05, 4.69) is 0 Å². The highest BCUT2D eigenvalue weighted by Crippen LogP contribution is 2.24. The Labute approximate surface area is 117 Å². The molecule has 1 unspecified atom stereocenters. The van der Waals surface area contributed by atoms with Crippen molar-refractivity contribution < 1.29 is 19.8 Å². The van der Waals surface area contributed by atoms with E-state index in [0.717, 1.165) is 12.8 Å². The molecule has 6 nitrogen and oxygen atoms in total. The Balaban J connectivity index is 2.83. The number of carbonyl (C=O) groups excluding carboxylic acids is 1. The molecule has 1 saturated heterocycles. The molecule has 2 amide bonds. The minimum Gasteiger partial charge on any atom is -0.480 e. The van der Waals surface area contributed by atoms with Crippen molar-refractivity contribution in [3.8, 4) is 0 Å². The summed E-state index contributed by atoms with van der Waals surface area (Å²) in [6, 6.07) is -0.993. The number of nitrogens with zero attached hydrogens (tertiary/aromatic N) is 2. The Morgan fingerprint density at radius 2 is 2.05 bits per heavy atom. The summed E-state index contributed by atoms with van der Waals surface area (Å²) in [4.78, 5) is 26.6. The van der Waals surface area contributed by atoms with E-state index >= 15 is 0 Å². The molecule has 0 aliphatic carbocycles. The van der Waals surface area contributed by atoms with Gasteiger partial charge in [-0.2, -0.15) is 0 Å². The number of carboxylic acid groups (broad SMARTS) is 1. The van der Waals surface area contributed by atoms with Crippen LogP contribution in [-0.4, -0.2) is 68.9 Å². The van der Waals surface area contributed by atoms with Crippen LogP contribution in [0.2, 0.25) is 0 Å². The summed E-state index contributed by atoms with van der Waals surface area (Å²) >= 11 is 1.44. The van der Waals surface area contributed by atoms with E-state index in [1.807, 2.05) is 13.8 Å². The molecule has 0 aromatic heterocycles. The van der Waals surface area contributed by atoms with Crippen molar-refractivity contribution in [2.45, 2.75) is 38.8 Å². The molecule has 7 heteroatoms. The fraction of sp³-hybridized carbons (Fsp3) is 0.833. The smallest absolute Gasteiger partial charge is 0.327 e. The Bertz CT molecular complexity index is 323. The highest BCUT2D eigenvalue weighted by Gasteiger charge is 2.37. The summed E-state index contributed by atoms with van der Waals surface area (Å²) in [5, 5.41) is 18.2. The first-order chi connectivity index (χ1) is 9.06. The van der Waals surface area contributed by atoms with Crippen molar-refractivity contribution in [2.75, 3.05) is 24.8 Å². The molecule has 1 heterocycles. The van der Waals surface area contributed by atoms with Crippen LogP contribution in [0.5, 0.6) is 0 Å². The maximum Gasteiger partial charge on any atom is 0.327 e. The molecule has 0 aromatic rings. The van der Waals surface area contributed by atoms with E-state index in [1.165, 1.54) is 16.7 Å². The first-order valence-electron chi connectivity index (χ1n) is 6.55. The van der Waals surface area contributed by atoms with Crippen LogP contribution < -0.4 is 0 Å². The standard InChI is InChI=1S/C12H22N2O4S/c1-3-9(4-2)13(5-6-15)12(18)14-8-19-7-10(14)11(16)17/h9-10,15H,3-8H2,1-2H3,(H,16,17). The molecular weight excluding hydrogens is 268 g/mol. The molecule has 1 fully saturated rings. The Morgan fingerprint density at radius 3 is 2.53 bits per heavy atom. The second-order valence-electron chi connectivity index (χ2n) is 4.49. The van der Waals surface area contributed by atoms with Crippen LogP contribution >= 0.6 is 11.8 Å². The molecule has 110 valence electrons. The van der Waals surface area contributed by atoms with Gasteiger partial charge in [0.25, 0.3) is 0 Å². The zero-order chi connectivity index (χ0) is 14.4. The van der Waals surface area contributed by atoms with Gasteiger partial charge in [-0.05, 0) is 12.8 Å². The summed E-state index contributed by atoms with van der Waals surface area (Å²) in [5.74, 6) is -0.138. The van der Waals surface area contributed by atoms with Crippen LogP contribution in [-0.2, 0) is 4.79 Å². The van der Waals surface area contributed by atoms with Crippen molar-refractivity contribution >= 4 is 23.8 Å². The van der Waals surface area contributed by atoms with Crippen LogP contribution in [0, 0.1) is 0 Å². The van der Waals surface area contributed by atoms with Crippen LogP contribution in [0.25, 0.3) is 0 Å². The van der Waals surface area contributed by atoms with Gasteiger partial charge in [-0.3, -0.25) is 0 Å². The fourth-order valence-corrected chi connectivity index (χ4v) is 3.41. The van der Waals surface area contributed by atoms with Gasteiger partial charge in [-0.1, -0.05) is 13.8 Å². The summed E-state index contributed by atoms with van der Waals surface area (Å²) in [6.45, 7) is 4.11. The van der Waals surface area contributed by atoms with Crippen LogP contribution in [0.3, 0.4) is 0 Å². The number of thioether (sulfide) groups is 1. The van der Waals surface area contributed by atoms with E-state index in [1.54, 1.807) is 4.90 Å². The molecule has 0 radical (unpaired) electrons. The molecule has 1 atom stereocenters. The summed E-state index contributed by atoms with van der Waals surface area (Å²) in [5.41, 5.74) is 0. The fourth-order valence-electron chi connectivity index (χ4n) is 2.27. The second kappa shape index (κ2) is 7.59. The largest absolute Gasteiger partial charge is 0.480 e. The number of carboxylic acids is 1. The minimum absolute atomic E-state index is 0.0414. The second-order valence-corrected chi connectivity index (χ2v) is 5.49. The van der Waals surface area contributed by atoms with Crippen LogP contribution in [0.1, 0.15) is 26.7 Å². The SMILES string of the molecule is CCC(CC)N(CCO)C(=O)N1CSCC1C(=O)O. The number of amides is 2. The van der Waals surface area contributed by atoms with Crippen LogP contribution in [0.4, 0.5) is 4.79 Å². The summed E-state index contributed by atoms with van der Waals surface area (Å²) in [6.07, 6.45) is 1.59. The van der Waals surface area contributed by atoms with Gasteiger partial charge in [0.05, 0.1) is 12.5 Å². The topological polar surface area (TPSA) is 81.1 Å². The van der Waals surface area contributed by atoms with Crippen molar-refractivity contribution in [2.24, 2.45) is 0 Å². The quantitative estimate of drug-likeness (QED) is 0.764. The van der Waals surface area contributed by atoms with E-state index < -0.39 is 12.0 Å². The molecule has 0 aromatic carbocycles. The number of aliphatic hydroxyl groups excluding tert-OH is 1. The molecule has 19 heavy (non-hydrogen) atoms. The third-order valence-electron chi connectivity index (χ3n) is 3.38. The van der Waals surface area contributed by atoms with Gasteiger partial charge in [-0.25, -0.2) is 9.59 Å². The predicted molar refractivity (Wildman–Crippen MR) is 74.1 cm³/mol. The van der Waals surface area contributed by atoms with E-state index in [-0.39, 0.29) is 25.2 Å². The predicted octanol–water partition coefficient (Wildman–Crippen LogP) is 1.05. The van der Waals surface area contributed by atoms with Crippen molar-refractivity contribution in [1.29, 1.82) is 0 Å². The monoisotopic (exact) mass is 290 g/mol. The Hall–Kier alpha value is -0.950. The van der Waals surface area contributed by atoms with Gasteiger partial charge in [0.2, 0.25) is 0 Å². The molecular formula is C12H22N2O4S. The highest BCUT2D eigenvalue weighted by molar-refractivity contribution is 7.99. The molecule has 0 saturated carbocycles. The highest BCUT2D eigenvalue weighted by atomic mass is 32.2. The normalized spacial score (nSPS) is 18.9. The third-order valence-corrected chi connectivity index (χ3v) is 4.40. The van der Waals surface area contributed by atoms with Gasteiger partial charge in [0, 0.05) is 18.3 Å². The molecule has 2 N–H and O–H groups in total. The first kappa shape index (κ1) is 16.1. The molecule has 1 aliphatic rings. The third kappa shape index (κ3) is 3.76. The lowest BCUT2D eigenvalue weighted by atomic mass is 10.1. The summed E-state index contributed by atoms with van der Waals surface area (Å²) < 4.78 is 0. The summed E-state index contributed by atoms with van der Waals surface area (Å²) in [7, 11) is 0. The molecule has 0 bridgehead atoms. The number of hydrogen-bond acceptors (Lipinski definition) is 4.